The first kappa shape index (κ1) is 35.2. The molecule has 0 saturated carbocycles. The minimum Gasteiger partial charge on any atom is -0.326 e. The van der Waals surface area contributed by atoms with Crippen molar-refractivity contribution in [1.82, 2.24) is 0 Å². The van der Waals surface area contributed by atoms with E-state index in [2.05, 4.69) is 14.0 Å². The quantitative estimate of drug-likeness (QED) is 0.152. The summed E-state index contributed by atoms with van der Waals surface area (Å²) < 4.78 is 169. The van der Waals surface area contributed by atoms with Gasteiger partial charge in [-0.15, -0.1) is 0 Å². The molecule has 0 bridgehead atoms. The SMILES string of the molecule is CCCCCCCC[N+]1(C)CCCC1.O=S(=O)([C-](S(=O)(=O)C(F)(F)F)S(=O)(=O)C(F)(F)F)C(F)(F)F. The Labute approximate surface area is 204 Å². The van der Waals surface area contributed by atoms with E-state index in [1.807, 2.05) is 0 Å². The van der Waals surface area contributed by atoms with E-state index in [1.165, 1.54) is 75.5 Å². The molecule has 0 aromatic heterocycles. The van der Waals surface area contributed by atoms with Crippen molar-refractivity contribution in [3.63, 3.8) is 0 Å². The summed E-state index contributed by atoms with van der Waals surface area (Å²) in [6.45, 7) is 6.60. The number of halogens is 9. The molecule has 1 heterocycles. The second-order valence-corrected chi connectivity index (χ2v) is 14.8. The number of sulfone groups is 3. The molecule has 0 N–H and O–H groups in total. The van der Waals surface area contributed by atoms with Crippen molar-refractivity contribution in [3.8, 4) is 0 Å². The van der Waals surface area contributed by atoms with E-state index in [-0.39, 0.29) is 0 Å². The van der Waals surface area contributed by atoms with Crippen LogP contribution in [0.5, 0.6) is 0 Å². The van der Waals surface area contributed by atoms with E-state index in [9.17, 15) is 64.8 Å². The molecule has 1 aliphatic heterocycles. The monoisotopic (exact) mass is 609 g/mol. The molecule has 1 rings (SSSR count). The van der Waals surface area contributed by atoms with Crippen molar-refractivity contribution < 1.29 is 69.3 Å². The van der Waals surface area contributed by atoms with Crippen molar-refractivity contribution in [1.29, 1.82) is 0 Å². The van der Waals surface area contributed by atoms with Gasteiger partial charge in [0.15, 0.2) is 29.5 Å². The van der Waals surface area contributed by atoms with Crippen LogP contribution in [0.4, 0.5) is 39.5 Å². The maximum Gasteiger partial charge on any atom is 0.470 e. The summed E-state index contributed by atoms with van der Waals surface area (Å²) in [4.78, 5) is 0. The number of likely N-dealkylation sites (tertiary alicyclic amines) is 1. The predicted octanol–water partition coefficient (Wildman–Crippen LogP) is 4.82. The molecule has 1 fully saturated rings. The lowest BCUT2D eigenvalue weighted by atomic mass is 10.1. The molecule has 36 heavy (non-hydrogen) atoms. The summed E-state index contributed by atoms with van der Waals surface area (Å²) in [5.41, 5.74) is -21.2. The topological polar surface area (TPSA) is 102 Å². The van der Waals surface area contributed by atoms with Gasteiger partial charge in [0.05, 0.1) is 30.6 Å². The average molecular weight is 610 g/mol. The van der Waals surface area contributed by atoms with Gasteiger partial charge in [-0.1, -0.05) is 32.6 Å². The summed E-state index contributed by atoms with van der Waals surface area (Å²) in [5.74, 6) is 0. The summed E-state index contributed by atoms with van der Waals surface area (Å²) in [6.07, 6.45) is 11.6. The first-order valence-corrected chi connectivity index (χ1v) is 15.0. The largest absolute Gasteiger partial charge is 0.470 e. The van der Waals surface area contributed by atoms with Crippen LogP contribution < -0.4 is 0 Å². The van der Waals surface area contributed by atoms with Gasteiger partial charge >= 0.3 is 16.5 Å². The number of nitrogens with zero attached hydrogens (tertiary/aromatic N) is 1. The van der Waals surface area contributed by atoms with Gasteiger partial charge in [-0.25, -0.2) is 0 Å². The first-order valence-electron chi connectivity index (χ1n) is 10.5. The number of unbranched alkanes of at least 4 members (excludes halogenated alkanes) is 5. The molecule has 1 aliphatic rings. The highest BCUT2D eigenvalue weighted by molar-refractivity contribution is 8.29. The van der Waals surface area contributed by atoms with Gasteiger partial charge in [0.1, 0.15) is 0 Å². The Balaban J connectivity index is 0.000000748. The fraction of sp³-hybridized carbons (Fsp3) is 0.941. The van der Waals surface area contributed by atoms with Crippen LogP contribution in [0.1, 0.15) is 58.3 Å². The zero-order chi connectivity index (χ0) is 28.9. The average Bonchev–Trinajstić information content (AvgIpc) is 3.08. The van der Waals surface area contributed by atoms with Crippen molar-refractivity contribution in [2.45, 2.75) is 74.8 Å². The van der Waals surface area contributed by atoms with E-state index in [0.717, 1.165) is 0 Å². The molecule has 218 valence electrons. The fourth-order valence-electron chi connectivity index (χ4n) is 3.31. The predicted molar refractivity (Wildman–Crippen MR) is 112 cm³/mol. The van der Waals surface area contributed by atoms with Crippen molar-refractivity contribution >= 4 is 29.5 Å². The molecule has 0 atom stereocenters. The summed E-state index contributed by atoms with van der Waals surface area (Å²) in [7, 11) is -21.6. The molecule has 0 spiro atoms. The molecule has 0 aromatic carbocycles. The van der Waals surface area contributed by atoms with E-state index < -0.39 is 50.0 Å². The van der Waals surface area contributed by atoms with E-state index >= 15 is 0 Å². The summed E-state index contributed by atoms with van der Waals surface area (Å²) in [5, 5.41) is 0. The Morgan fingerprint density at radius 3 is 1.22 bits per heavy atom. The Morgan fingerprint density at radius 2 is 0.917 bits per heavy atom. The van der Waals surface area contributed by atoms with Gasteiger partial charge in [0.2, 0.25) is 0 Å². The molecule has 0 aliphatic carbocycles. The van der Waals surface area contributed by atoms with Crippen molar-refractivity contribution in [2.24, 2.45) is 0 Å². The fourth-order valence-corrected chi connectivity index (χ4v) is 9.05. The number of rotatable bonds is 10. The van der Waals surface area contributed by atoms with Crippen LogP contribution in [0.3, 0.4) is 0 Å². The highest BCUT2D eigenvalue weighted by Crippen LogP contribution is 2.47. The summed E-state index contributed by atoms with van der Waals surface area (Å²) in [6, 6.07) is 0. The van der Waals surface area contributed by atoms with Crippen LogP contribution >= 0.6 is 0 Å². The van der Waals surface area contributed by atoms with Crippen LogP contribution in [0, 0.1) is 3.91 Å². The Morgan fingerprint density at radius 1 is 0.611 bits per heavy atom. The molecule has 1 saturated heterocycles. The van der Waals surface area contributed by atoms with Gasteiger partial charge < -0.3 is 4.48 Å². The first-order chi connectivity index (χ1) is 15.9. The zero-order valence-corrected chi connectivity index (χ0v) is 21.8. The molecular weight excluding hydrogens is 581 g/mol. The lowest BCUT2D eigenvalue weighted by Crippen LogP contribution is -2.47. The molecule has 19 heteroatoms. The Bertz CT molecular complexity index is 907. The van der Waals surface area contributed by atoms with Crippen molar-refractivity contribution in [3.05, 3.63) is 3.91 Å². The number of alkyl halides is 9. The second-order valence-electron chi connectivity index (χ2n) is 8.36. The number of quaternary nitrogens is 1. The van der Waals surface area contributed by atoms with Gasteiger partial charge in [-0.2, -0.15) is 39.5 Å². The van der Waals surface area contributed by atoms with Crippen LogP contribution in [0.2, 0.25) is 0 Å². The lowest BCUT2D eigenvalue weighted by molar-refractivity contribution is -0.897. The van der Waals surface area contributed by atoms with Crippen LogP contribution in [-0.4, -0.2) is 72.9 Å². The van der Waals surface area contributed by atoms with Crippen LogP contribution in [0.25, 0.3) is 0 Å². The number of hydrogen-bond donors (Lipinski definition) is 0. The molecule has 0 unspecified atom stereocenters. The minimum atomic E-state index is -8.02. The normalized spacial score (nSPS) is 17.7. The molecule has 7 nitrogen and oxygen atoms in total. The van der Waals surface area contributed by atoms with E-state index in [1.54, 1.807) is 0 Å². The third kappa shape index (κ3) is 8.89. The zero-order valence-electron chi connectivity index (χ0n) is 19.3. The maximum absolute atomic E-state index is 12.0. The maximum atomic E-state index is 12.0. The van der Waals surface area contributed by atoms with Crippen LogP contribution in [-0.2, 0) is 29.5 Å². The minimum absolute atomic E-state index is 1.37. The van der Waals surface area contributed by atoms with E-state index in [4.69, 9.17) is 0 Å². The molecule has 0 radical (unpaired) electrons. The Hall–Kier alpha value is -0.820. The third-order valence-electron chi connectivity index (χ3n) is 5.27. The standard InChI is InChI=1S/C13H28N.C4F9O6S3/c1-3-4-5-6-7-8-11-14(2)12-9-10-13-14;5-2(6,7)20(14,15)1(21(16,17)3(8,9)10)22(18,19)4(11,12)13/h3-13H2,1-2H3;/q+1;-1. The number of hydrogen-bond acceptors (Lipinski definition) is 6. The molecule has 0 aromatic rings. The van der Waals surface area contributed by atoms with E-state index in [0.29, 0.717) is 0 Å². The van der Waals surface area contributed by atoms with Gasteiger partial charge in [-0.3, -0.25) is 25.3 Å². The molecular formula is C17H28F9NO6S3. The Kier molecular flexibility index (Phi) is 12.1. The third-order valence-corrected chi connectivity index (χ3v) is 12.4. The van der Waals surface area contributed by atoms with Gasteiger partial charge in [0, 0.05) is 12.8 Å². The van der Waals surface area contributed by atoms with Gasteiger partial charge in [0.25, 0.3) is 0 Å². The van der Waals surface area contributed by atoms with Gasteiger partial charge in [-0.05, 0) is 12.8 Å². The lowest BCUT2D eigenvalue weighted by Gasteiger charge is -2.31. The van der Waals surface area contributed by atoms with Crippen molar-refractivity contribution in [2.75, 3.05) is 26.7 Å². The summed E-state index contributed by atoms with van der Waals surface area (Å²) >= 11 is 0. The van der Waals surface area contributed by atoms with Crippen LogP contribution in [0.15, 0.2) is 0 Å². The highest BCUT2D eigenvalue weighted by atomic mass is 32.3. The molecule has 0 amide bonds. The second kappa shape index (κ2) is 12.4. The smallest absolute Gasteiger partial charge is 0.326 e. The highest BCUT2D eigenvalue weighted by Gasteiger charge is 2.63.